The quantitative estimate of drug-likeness (QED) is 0.422. The molecule has 0 spiro atoms. The van der Waals surface area contributed by atoms with Crippen molar-refractivity contribution in [1.29, 1.82) is 0 Å². The summed E-state index contributed by atoms with van der Waals surface area (Å²) >= 11 is 0. The second kappa shape index (κ2) is 9.10. The third kappa shape index (κ3) is 5.53. The smallest absolute Gasteiger partial charge is 0.416 e. The standard InChI is InChI=1S/C21H16F4N6O2/c22-17-7-2-1-4-14(17)11-31-12-26-20(29-31)27-19(32)18-8-9-30(28-18)13-33-16-6-3-5-15(10-16)21(23,24)25/h1-10,12H,11,13H2,(H,27,29,32). The summed E-state index contributed by atoms with van der Waals surface area (Å²) in [6, 6.07) is 12.1. The number of amides is 1. The van der Waals surface area contributed by atoms with Crippen LogP contribution in [-0.2, 0) is 19.5 Å². The molecule has 0 aliphatic heterocycles. The predicted molar refractivity (Wildman–Crippen MR) is 108 cm³/mol. The number of aromatic nitrogens is 5. The van der Waals surface area contributed by atoms with E-state index in [0.29, 0.717) is 5.56 Å². The maximum Gasteiger partial charge on any atom is 0.416 e. The van der Waals surface area contributed by atoms with Crippen molar-refractivity contribution in [3.05, 3.63) is 89.8 Å². The van der Waals surface area contributed by atoms with Crippen molar-refractivity contribution in [2.45, 2.75) is 19.5 Å². The van der Waals surface area contributed by atoms with Crippen molar-refractivity contribution >= 4 is 11.9 Å². The molecule has 0 saturated carbocycles. The average molecular weight is 460 g/mol. The number of nitrogens with one attached hydrogen (secondary N) is 1. The van der Waals surface area contributed by atoms with Gasteiger partial charge in [0.15, 0.2) is 12.4 Å². The molecule has 2 aromatic heterocycles. The molecule has 0 aliphatic carbocycles. The van der Waals surface area contributed by atoms with Crippen molar-refractivity contribution in [3.8, 4) is 5.75 Å². The summed E-state index contributed by atoms with van der Waals surface area (Å²) in [5.74, 6) is -0.963. The number of hydrogen-bond donors (Lipinski definition) is 1. The van der Waals surface area contributed by atoms with Crippen LogP contribution in [0.2, 0.25) is 0 Å². The fourth-order valence-corrected chi connectivity index (χ4v) is 2.85. The van der Waals surface area contributed by atoms with Crippen LogP contribution in [0.1, 0.15) is 21.6 Å². The molecule has 170 valence electrons. The van der Waals surface area contributed by atoms with E-state index < -0.39 is 17.6 Å². The van der Waals surface area contributed by atoms with E-state index in [0.717, 1.165) is 12.1 Å². The van der Waals surface area contributed by atoms with Crippen molar-refractivity contribution in [3.63, 3.8) is 0 Å². The van der Waals surface area contributed by atoms with Gasteiger partial charge in [0, 0.05) is 11.8 Å². The van der Waals surface area contributed by atoms with Crippen LogP contribution in [0.3, 0.4) is 0 Å². The van der Waals surface area contributed by atoms with E-state index in [1.54, 1.807) is 18.2 Å². The minimum atomic E-state index is -4.48. The number of anilines is 1. The molecular weight excluding hydrogens is 444 g/mol. The molecule has 0 saturated heterocycles. The number of rotatable bonds is 7. The Morgan fingerprint density at radius 1 is 1.03 bits per heavy atom. The van der Waals surface area contributed by atoms with Gasteiger partial charge in [-0.2, -0.15) is 18.3 Å². The first-order valence-corrected chi connectivity index (χ1v) is 9.56. The number of carbonyl (C=O) groups excluding carboxylic acids is 1. The zero-order valence-corrected chi connectivity index (χ0v) is 16.8. The van der Waals surface area contributed by atoms with Crippen molar-refractivity contribution in [2.24, 2.45) is 0 Å². The van der Waals surface area contributed by atoms with Gasteiger partial charge < -0.3 is 4.74 Å². The van der Waals surface area contributed by atoms with E-state index in [1.807, 2.05) is 0 Å². The van der Waals surface area contributed by atoms with E-state index in [1.165, 1.54) is 46.2 Å². The second-order valence-corrected chi connectivity index (χ2v) is 6.85. The maximum absolute atomic E-state index is 13.8. The van der Waals surface area contributed by atoms with Crippen LogP contribution < -0.4 is 10.1 Å². The average Bonchev–Trinajstić information content (AvgIpc) is 3.43. The number of halogens is 4. The minimum absolute atomic E-state index is 0.00565. The number of hydrogen-bond acceptors (Lipinski definition) is 5. The topological polar surface area (TPSA) is 86.9 Å². The van der Waals surface area contributed by atoms with Crippen LogP contribution >= 0.6 is 0 Å². The number of alkyl halides is 3. The van der Waals surface area contributed by atoms with Crippen LogP contribution in [0, 0.1) is 5.82 Å². The summed E-state index contributed by atoms with van der Waals surface area (Å²) in [5.41, 5.74) is -0.393. The maximum atomic E-state index is 13.8. The number of ether oxygens (including phenoxy) is 1. The lowest BCUT2D eigenvalue weighted by Crippen LogP contribution is -2.15. The molecule has 2 heterocycles. The Morgan fingerprint density at radius 2 is 1.85 bits per heavy atom. The lowest BCUT2D eigenvalue weighted by molar-refractivity contribution is -0.137. The summed E-state index contributed by atoms with van der Waals surface area (Å²) in [6.07, 6.45) is -1.69. The minimum Gasteiger partial charge on any atom is -0.471 e. The molecule has 0 bridgehead atoms. The molecule has 12 heteroatoms. The third-order valence-corrected chi connectivity index (χ3v) is 4.45. The van der Waals surface area contributed by atoms with Crippen LogP contribution in [0.5, 0.6) is 5.75 Å². The first-order valence-electron chi connectivity index (χ1n) is 9.56. The van der Waals surface area contributed by atoms with Crippen LogP contribution in [0.25, 0.3) is 0 Å². The Labute approximate surface area is 184 Å². The van der Waals surface area contributed by atoms with Gasteiger partial charge in [-0.15, -0.1) is 5.10 Å². The highest BCUT2D eigenvalue weighted by Crippen LogP contribution is 2.31. The summed E-state index contributed by atoms with van der Waals surface area (Å²) in [6.45, 7) is -0.0683. The van der Waals surface area contributed by atoms with E-state index in [4.69, 9.17) is 4.74 Å². The molecular formula is C21H16F4N6O2. The van der Waals surface area contributed by atoms with Gasteiger partial charge in [-0.1, -0.05) is 24.3 Å². The van der Waals surface area contributed by atoms with Crippen molar-refractivity contribution in [2.75, 3.05) is 5.32 Å². The van der Waals surface area contributed by atoms with E-state index in [9.17, 15) is 22.4 Å². The van der Waals surface area contributed by atoms with Gasteiger partial charge in [0.1, 0.15) is 17.9 Å². The first kappa shape index (κ1) is 22.0. The molecule has 0 unspecified atom stereocenters. The molecule has 4 rings (SSSR count). The fraction of sp³-hybridized carbons (Fsp3) is 0.143. The third-order valence-electron chi connectivity index (χ3n) is 4.45. The summed E-state index contributed by atoms with van der Waals surface area (Å²) in [4.78, 5) is 16.3. The zero-order valence-electron chi connectivity index (χ0n) is 16.8. The normalized spacial score (nSPS) is 11.4. The Morgan fingerprint density at radius 3 is 2.64 bits per heavy atom. The van der Waals surface area contributed by atoms with Gasteiger partial charge >= 0.3 is 6.18 Å². The highest BCUT2D eigenvalue weighted by atomic mass is 19.4. The van der Waals surface area contributed by atoms with Gasteiger partial charge in [0.2, 0.25) is 5.95 Å². The molecule has 33 heavy (non-hydrogen) atoms. The Bertz CT molecular complexity index is 1270. The van der Waals surface area contributed by atoms with Gasteiger partial charge in [-0.05, 0) is 30.3 Å². The molecule has 0 fully saturated rings. The lowest BCUT2D eigenvalue weighted by atomic mass is 10.2. The van der Waals surface area contributed by atoms with Gasteiger partial charge in [-0.25, -0.2) is 18.7 Å². The molecule has 1 N–H and O–H groups in total. The lowest BCUT2D eigenvalue weighted by Gasteiger charge is -2.10. The highest BCUT2D eigenvalue weighted by molar-refractivity contribution is 6.01. The number of benzene rings is 2. The van der Waals surface area contributed by atoms with Crippen LogP contribution in [-0.4, -0.2) is 30.5 Å². The summed E-state index contributed by atoms with van der Waals surface area (Å²) in [5, 5.41) is 10.6. The Kier molecular flexibility index (Phi) is 6.07. The fourth-order valence-electron chi connectivity index (χ4n) is 2.85. The Balaban J connectivity index is 1.34. The summed E-state index contributed by atoms with van der Waals surface area (Å²) < 4.78 is 60.0. The largest absolute Gasteiger partial charge is 0.471 e. The SMILES string of the molecule is O=C(Nc1ncn(Cc2ccccc2F)n1)c1ccn(COc2cccc(C(F)(F)F)c2)n1. The zero-order chi connectivity index (χ0) is 23.4. The first-order chi connectivity index (χ1) is 15.8. The van der Waals surface area contributed by atoms with E-state index in [-0.39, 0.29) is 36.5 Å². The number of nitrogens with zero attached hydrogens (tertiary/aromatic N) is 5. The molecule has 0 aliphatic rings. The molecule has 0 atom stereocenters. The monoisotopic (exact) mass is 460 g/mol. The van der Waals surface area contributed by atoms with Crippen LogP contribution in [0.15, 0.2) is 67.1 Å². The number of carbonyl (C=O) groups is 1. The van der Waals surface area contributed by atoms with Gasteiger partial charge in [-0.3, -0.25) is 10.1 Å². The molecule has 2 aromatic carbocycles. The van der Waals surface area contributed by atoms with E-state index >= 15 is 0 Å². The predicted octanol–water partition coefficient (Wildman–Crippen LogP) is 3.97. The molecule has 4 aromatic rings. The van der Waals surface area contributed by atoms with Gasteiger partial charge in [0.05, 0.1) is 12.1 Å². The molecule has 8 nitrogen and oxygen atoms in total. The van der Waals surface area contributed by atoms with E-state index in [2.05, 4.69) is 20.5 Å². The summed E-state index contributed by atoms with van der Waals surface area (Å²) in [7, 11) is 0. The Hall–Kier alpha value is -4.22. The van der Waals surface area contributed by atoms with Crippen molar-refractivity contribution in [1.82, 2.24) is 24.5 Å². The van der Waals surface area contributed by atoms with Crippen LogP contribution in [0.4, 0.5) is 23.5 Å². The highest BCUT2D eigenvalue weighted by Gasteiger charge is 2.30. The van der Waals surface area contributed by atoms with Gasteiger partial charge in [0.25, 0.3) is 5.91 Å². The van der Waals surface area contributed by atoms with Crippen molar-refractivity contribution < 1.29 is 27.1 Å². The molecule has 1 amide bonds. The second-order valence-electron chi connectivity index (χ2n) is 6.85. The molecule has 0 radical (unpaired) electrons.